The molecule has 0 aromatic heterocycles. The van der Waals surface area contributed by atoms with Gasteiger partial charge in [-0.15, -0.1) is 0 Å². The molecule has 0 heterocycles. The number of carbonyl (C=O) groups excluding carboxylic acids is 2. The molecule has 0 saturated carbocycles. The van der Waals surface area contributed by atoms with Crippen molar-refractivity contribution in [3.05, 3.63) is 29.8 Å². The second kappa shape index (κ2) is 9.69. The number of ether oxygens (including phenoxy) is 2. The van der Waals surface area contributed by atoms with E-state index < -0.39 is 6.04 Å². The molecular formula is C18H27NO4S. The van der Waals surface area contributed by atoms with Crippen molar-refractivity contribution >= 4 is 22.8 Å². The number of esters is 1. The van der Waals surface area contributed by atoms with Crippen molar-refractivity contribution in [2.24, 2.45) is 5.73 Å². The first-order valence-electron chi connectivity index (χ1n) is 8.07. The van der Waals surface area contributed by atoms with Gasteiger partial charge in [-0.2, -0.15) is 0 Å². The highest BCUT2D eigenvalue weighted by Crippen LogP contribution is 2.19. The molecule has 0 spiro atoms. The molecule has 1 rings (SSSR count). The van der Waals surface area contributed by atoms with Crippen LogP contribution in [0.15, 0.2) is 24.3 Å². The number of nitrogens with two attached hydrogens (primary N) is 1. The molecule has 2 N–H and O–H groups in total. The minimum Gasteiger partial charge on any atom is -0.488 e. The van der Waals surface area contributed by atoms with E-state index in [1.54, 1.807) is 6.92 Å². The largest absolute Gasteiger partial charge is 0.488 e. The first-order chi connectivity index (χ1) is 11.2. The summed E-state index contributed by atoms with van der Waals surface area (Å²) >= 11 is 1.08. The molecule has 24 heavy (non-hydrogen) atoms. The van der Waals surface area contributed by atoms with Gasteiger partial charge in [0.2, 0.25) is 5.12 Å². The molecule has 1 aromatic rings. The van der Waals surface area contributed by atoms with Crippen LogP contribution < -0.4 is 10.5 Å². The van der Waals surface area contributed by atoms with Gasteiger partial charge in [0.15, 0.2) is 0 Å². The van der Waals surface area contributed by atoms with Crippen molar-refractivity contribution < 1.29 is 19.1 Å². The topological polar surface area (TPSA) is 78.6 Å². The molecule has 1 aromatic carbocycles. The van der Waals surface area contributed by atoms with Gasteiger partial charge >= 0.3 is 5.97 Å². The molecule has 0 radical (unpaired) electrons. The Kier molecular flexibility index (Phi) is 8.28. The van der Waals surface area contributed by atoms with Crippen LogP contribution in [-0.4, -0.2) is 35.1 Å². The molecular weight excluding hydrogens is 326 g/mol. The molecule has 134 valence electrons. The molecule has 0 aliphatic rings. The summed E-state index contributed by atoms with van der Waals surface area (Å²) in [5, 5.41) is -0.116. The zero-order chi connectivity index (χ0) is 18.2. The summed E-state index contributed by atoms with van der Waals surface area (Å²) in [6, 6.07) is 7.00. The summed E-state index contributed by atoms with van der Waals surface area (Å²) in [4.78, 5) is 23.2. The molecule has 0 bridgehead atoms. The Balaban J connectivity index is 2.42. The Morgan fingerprint density at radius 3 is 2.38 bits per heavy atom. The summed E-state index contributed by atoms with van der Waals surface area (Å²) in [6.45, 7) is 8.07. The van der Waals surface area contributed by atoms with Gasteiger partial charge in [-0.05, 0) is 51.8 Å². The molecule has 0 amide bonds. The number of carbonyl (C=O) groups is 2. The third kappa shape index (κ3) is 8.36. The van der Waals surface area contributed by atoms with Crippen molar-refractivity contribution in [1.29, 1.82) is 0 Å². The lowest BCUT2D eigenvalue weighted by Crippen LogP contribution is -2.31. The molecule has 0 aliphatic heterocycles. The fraction of sp³-hybridized carbons (Fsp3) is 0.556. The number of hydrogen-bond donors (Lipinski definition) is 1. The average Bonchev–Trinajstić information content (AvgIpc) is 2.48. The zero-order valence-electron chi connectivity index (χ0n) is 14.8. The summed E-state index contributed by atoms with van der Waals surface area (Å²) in [5.74, 6) is 0.889. The Bertz CT molecular complexity index is 537. The van der Waals surface area contributed by atoms with Gasteiger partial charge in [0, 0.05) is 5.75 Å². The Labute approximate surface area is 148 Å². The van der Waals surface area contributed by atoms with Crippen LogP contribution in [0.2, 0.25) is 0 Å². The maximum atomic E-state index is 12.0. The SMILES string of the molecule is CCOC(=O)CCSC(=O)[C@@H](N)Cc1ccc(OC(C)(C)C)cc1. The van der Waals surface area contributed by atoms with Crippen LogP contribution in [0.1, 0.15) is 39.7 Å². The Hall–Kier alpha value is -1.53. The highest BCUT2D eigenvalue weighted by molar-refractivity contribution is 8.13. The van der Waals surface area contributed by atoms with Gasteiger partial charge in [-0.1, -0.05) is 23.9 Å². The van der Waals surface area contributed by atoms with Crippen LogP contribution in [0, 0.1) is 0 Å². The predicted octanol–water partition coefficient (Wildman–Crippen LogP) is 2.95. The summed E-state index contributed by atoms with van der Waals surface area (Å²) in [5.41, 5.74) is 6.68. The molecule has 6 heteroatoms. The summed E-state index contributed by atoms with van der Waals surface area (Å²) in [6.07, 6.45) is 0.677. The lowest BCUT2D eigenvalue weighted by molar-refractivity contribution is -0.142. The monoisotopic (exact) mass is 353 g/mol. The van der Waals surface area contributed by atoms with Gasteiger partial charge in [-0.3, -0.25) is 9.59 Å². The minimum absolute atomic E-state index is 0.116. The van der Waals surface area contributed by atoms with E-state index in [4.69, 9.17) is 15.2 Å². The molecule has 1 atom stereocenters. The van der Waals surface area contributed by atoms with Gasteiger partial charge in [-0.25, -0.2) is 0 Å². The second-order valence-electron chi connectivity index (χ2n) is 6.39. The molecule has 0 fully saturated rings. The van der Waals surface area contributed by atoms with E-state index in [0.29, 0.717) is 18.8 Å². The third-order valence-corrected chi connectivity index (χ3v) is 3.96. The molecule has 0 aliphatic carbocycles. The number of benzene rings is 1. The van der Waals surface area contributed by atoms with Crippen LogP contribution >= 0.6 is 11.8 Å². The van der Waals surface area contributed by atoms with Gasteiger partial charge in [0.1, 0.15) is 11.4 Å². The van der Waals surface area contributed by atoms with Gasteiger partial charge < -0.3 is 15.2 Å². The standard InChI is InChI=1S/C18H27NO4S/c1-5-22-16(20)10-11-24-17(21)15(19)12-13-6-8-14(9-7-13)23-18(2,3)4/h6-9,15H,5,10-12,19H2,1-4H3/t15-/m0/s1. The molecule has 0 saturated heterocycles. The fourth-order valence-corrected chi connectivity index (χ4v) is 2.73. The Morgan fingerprint density at radius 2 is 1.83 bits per heavy atom. The van der Waals surface area contributed by atoms with Crippen molar-refractivity contribution in [3.63, 3.8) is 0 Å². The lowest BCUT2D eigenvalue weighted by Gasteiger charge is -2.21. The van der Waals surface area contributed by atoms with Crippen molar-refractivity contribution in [3.8, 4) is 5.75 Å². The normalized spacial score (nSPS) is 12.5. The van der Waals surface area contributed by atoms with Crippen LogP contribution in [-0.2, 0) is 20.7 Å². The van der Waals surface area contributed by atoms with E-state index >= 15 is 0 Å². The maximum Gasteiger partial charge on any atom is 0.306 e. The highest BCUT2D eigenvalue weighted by Gasteiger charge is 2.16. The van der Waals surface area contributed by atoms with E-state index in [0.717, 1.165) is 23.1 Å². The van der Waals surface area contributed by atoms with Gasteiger partial charge in [0.25, 0.3) is 0 Å². The fourth-order valence-electron chi connectivity index (χ4n) is 1.96. The van der Waals surface area contributed by atoms with Crippen molar-refractivity contribution in [1.82, 2.24) is 0 Å². The highest BCUT2D eigenvalue weighted by atomic mass is 32.2. The quantitative estimate of drug-likeness (QED) is 0.724. The van der Waals surface area contributed by atoms with Crippen LogP contribution in [0.25, 0.3) is 0 Å². The van der Waals surface area contributed by atoms with E-state index in [-0.39, 0.29) is 23.1 Å². The summed E-state index contributed by atoms with van der Waals surface area (Å²) in [7, 11) is 0. The zero-order valence-corrected chi connectivity index (χ0v) is 15.7. The average molecular weight is 353 g/mol. The van der Waals surface area contributed by atoms with Crippen LogP contribution in [0.5, 0.6) is 5.75 Å². The smallest absolute Gasteiger partial charge is 0.306 e. The number of rotatable bonds is 8. The number of hydrogen-bond acceptors (Lipinski definition) is 6. The summed E-state index contributed by atoms with van der Waals surface area (Å²) < 4.78 is 10.6. The van der Waals surface area contributed by atoms with Crippen LogP contribution in [0.3, 0.4) is 0 Å². The van der Waals surface area contributed by atoms with E-state index in [9.17, 15) is 9.59 Å². The Morgan fingerprint density at radius 1 is 1.21 bits per heavy atom. The van der Waals surface area contributed by atoms with E-state index in [2.05, 4.69) is 0 Å². The van der Waals surface area contributed by atoms with Crippen LogP contribution in [0.4, 0.5) is 0 Å². The first-order valence-corrected chi connectivity index (χ1v) is 9.05. The van der Waals surface area contributed by atoms with E-state index in [1.165, 1.54) is 0 Å². The predicted molar refractivity (Wildman–Crippen MR) is 97.2 cm³/mol. The minimum atomic E-state index is -0.591. The molecule has 5 nitrogen and oxygen atoms in total. The number of thioether (sulfide) groups is 1. The van der Waals surface area contributed by atoms with Gasteiger partial charge in [0.05, 0.1) is 19.1 Å². The van der Waals surface area contributed by atoms with E-state index in [1.807, 2.05) is 45.0 Å². The van der Waals surface area contributed by atoms with Crippen molar-refractivity contribution in [2.45, 2.75) is 52.2 Å². The molecule has 0 unspecified atom stereocenters. The maximum absolute atomic E-state index is 12.0. The third-order valence-electron chi connectivity index (χ3n) is 2.96. The lowest BCUT2D eigenvalue weighted by atomic mass is 10.1. The first kappa shape index (κ1) is 20.5. The second-order valence-corrected chi connectivity index (χ2v) is 7.49. The van der Waals surface area contributed by atoms with Crippen molar-refractivity contribution in [2.75, 3.05) is 12.4 Å².